The van der Waals surface area contributed by atoms with Gasteiger partial charge in [-0.05, 0) is 67.9 Å². The van der Waals surface area contributed by atoms with Crippen molar-refractivity contribution >= 4 is 29.1 Å². The fraction of sp³-hybridized carbons (Fsp3) is 0.346. The van der Waals surface area contributed by atoms with Crippen LogP contribution in [0.15, 0.2) is 54.7 Å². The van der Waals surface area contributed by atoms with Crippen molar-refractivity contribution < 1.29 is 8.78 Å². The summed E-state index contributed by atoms with van der Waals surface area (Å²) < 4.78 is 31.3. The monoisotopic (exact) mass is 481 g/mol. The number of hydrogen-bond donors (Lipinski definition) is 2. The molecule has 3 aromatic rings. The number of anilines is 3. The molecule has 0 amide bonds. The van der Waals surface area contributed by atoms with Gasteiger partial charge in [0.05, 0.1) is 5.69 Å². The van der Waals surface area contributed by atoms with Gasteiger partial charge in [-0.1, -0.05) is 24.1 Å². The van der Waals surface area contributed by atoms with Crippen molar-refractivity contribution in [1.82, 2.24) is 9.88 Å². The highest BCUT2D eigenvalue weighted by Crippen LogP contribution is 2.33. The van der Waals surface area contributed by atoms with Crippen LogP contribution in [0.2, 0.25) is 0 Å². The molecule has 2 aliphatic rings. The first-order valence-corrected chi connectivity index (χ1v) is 12.8. The van der Waals surface area contributed by atoms with Gasteiger partial charge in [0, 0.05) is 54.9 Å². The summed E-state index contributed by atoms with van der Waals surface area (Å²) in [6, 6.07) is 14.0. The van der Waals surface area contributed by atoms with Gasteiger partial charge >= 0.3 is 0 Å². The van der Waals surface area contributed by atoms with Crippen LogP contribution in [0.3, 0.4) is 0 Å². The highest BCUT2D eigenvalue weighted by atomic mass is 32.2. The lowest BCUT2D eigenvalue weighted by Gasteiger charge is -2.32. The van der Waals surface area contributed by atoms with E-state index in [9.17, 15) is 8.78 Å². The van der Waals surface area contributed by atoms with Crippen LogP contribution in [0, 0.1) is 11.6 Å². The second kappa shape index (κ2) is 10.6. The summed E-state index contributed by atoms with van der Waals surface area (Å²) in [7, 11) is 0. The molecule has 2 aromatic carbocycles. The Morgan fingerprint density at radius 3 is 2.62 bits per heavy atom. The molecule has 1 fully saturated rings. The van der Waals surface area contributed by atoms with Gasteiger partial charge in [-0.25, -0.2) is 13.8 Å². The molecule has 34 heavy (non-hydrogen) atoms. The lowest BCUT2D eigenvalue weighted by Crippen LogP contribution is -2.34. The molecular weight excluding hydrogens is 452 g/mol. The summed E-state index contributed by atoms with van der Waals surface area (Å²) in [6.45, 7) is 5.27. The van der Waals surface area contributed by atoms with Gasteiger partial charge in [0.2, 0.25) is 0 Å². The van der Waals surface area contributed by atoms with Crippen molar-refractivity contribution in [2.75, 3.05) is 53.4 Å². The van der Waals surface area contributed by atoms with Gasteiger partial charge in [0.25, 0.3) is 0 Å². The number of aromatic nitrogens is 1. The number of pyridine rings is 1. The van der Waals surface area contributed by atoms with E-state index in [1.54, 1.807) is 11.9 Å². The topological polar surface area (TPSA) is 43.4 Å². The van der Waals surface area contributed by atoms with E-state index in [1.807, 2.05) is 11.1 Å². The molecule has 1 saturated heterocycles. The van der Waals surface area contributed by atoms with Gasteiger partial charge < -0.3 is 19.8 Å². The molecule has 5 nitrogen and oxygen atoms in total. The predicted molar refractivity (Wildman–Crippen MR) is 137 cm³/mol. The number of rotatable bonds is 8. The first-order valence-electron chi connectivity index (χ1n) is 11.8. The van der Waals surface area contributed by atoms with Crippen molar-refractivity contribution in [3.63, 3.8) is 0 Å². The number of halogens is 2. The number of benzene rings is 2. The molecular formula is C26H29F2N5S. The molecule has 0 unspecified atom stereocenters. The van der Waals surface area contributed by atoms with Gasteiger partial charge in [-0.2, -0.15) is 0 Å². The van der Waals surface area contributed by atoms with Crippen LogP contribution < -0.4 is 14.9 Å². The van der Waals surface area contributed by atoms with Crippen molar-refractivity contribution in [3.05, 3.63) is 71.9 Å². The minimum Gasteiger partial charge on any atom is -0.367 e. The van der Waals surface area contributed by atoms with E-state index in [0.717, 1.165) is 46.7 Å². The smallest absolute Gasteiger partial charge is 0.149 e. The highest BCUT2D eigenvalue weighted by Gasteiger charge is 2.20. The van der Waals surface area contributed by atoms with E-state index in [0.29, 0.717) is 25.2 Å². The van der Waals surface area contributed by atoms with Gasteiger partial charge in [-0.3, -0.25) is 0 Å². The van der Waals surface area contributed by atoms with E-state index in [2.05, 4.69) is 50.3 Å². The average Bonchev–Trinajstić information content (AvgIpc) is 3.38. The zero-order valence-corrected chi connectivity index (χ0v) is 19.9. The maximum atomic E-state index is 14.2. The fourth-order valence-electron chi connectivity index (χ4n) is 4.50. The van der Waals surface area contributed by atoms with E-state index >= 15 is 0 Å². The molecule has 5 rings (SSSR count). The van der Waals surface area contributed by atoms with Crippen molar-refractivity contribution in [1.29, 1.82) is 0 Å². The van der Waals surface area contributed by atoms with Gasteiger partial charge in [0.15, 0.2) is 0 Å². The minimum atomic E-state index is -0.429. The zero-order chi connectivity index (χ0) is 23.3. The lowest BCUT2D eigenvalue weighted by atomic mass is 10.1. The third kappa shape index (κ3) is 5.45. The predicted octanol–water partition coefficient (Wildman–Crippen LogP) is 5.61. The normalized spacial score (nSPS) is 15.8. The van der Waals surface area contributed by atoms with E-state index in [1.165, 1.54) is 38.1 Å². The molecule has 2 N–H and O–H groups in total. The molecule has 0 atom stereocenters. The van der Waals surface area contributed by atoms with Crippen LogP contribution in [0.25, 0.3) is 11.1 Å². The molecule has 1 aromatic heterocycles. The first-order chi connectivity index (χ1) is 16.7. The van der Waals surface area contributed by atoms with Crippen LogP contribution in [0.5, 0.6) is 0 Å². The summed E-state index contributed by atoms with van der Waals surface area (Å²) in [5.41, 5.74) is 4.36. The number of nitrogens with zero attached hydrogens (tertiary/aromatic N) is 3. The van der Waals surface area contributed by atoms with Crippen LogP contribution in [0.1, 0.15) is 18.4 Å². The number of likely N-dealkylation sites (tertiary alicyclic amines) is 1. The van der Waals surface area contributed by atoms with Crippen LogP contribution in [0.4, 0.5) is 26.0 Å². The number of nitrogens with one attached hydrogen (secondary N) is 2. The Morgan fingerprint density at radius 1 is 0.971 bits per heavy atom. The highest BCUT2D eigenvalue weighted by molar-refractivity contribution is 8.00. The van der Waals surface area contributed by atoms with E-state index in [-0.39, 0.29) is 0 Å². The Labute approximate surface area is 203 Å². The fourth-order valence-corrected chi connectivity index (χ4v) is 5.25. The average molecular weight is 482 g/mol. The van der Waals surface area contributed by atoms with Gasteiger partial charge in [0.1, 0.15) is 17.5 Å². The second-order valence-corrected chi connectivity index (χ2v) is 9.65. The third-order valence-corrected chi connectivity index (χ3v) is 7.13. The third-order valence-electron chi connectivity index (χ3n) is 6.37. The maximum Gasteiger partial charge on any atom is 0.149 e. The summed E-state index contributed by atoms with van der Waals surface area (Å²) in [6.07, 6.45) is 4.50. The molecule has 0 spiro atoms. The second-order valence-electron chi connectivity index (χ2n) is 8.75. The SMILES string of the molecule is Fc1ccc(F)c(CN2CCNc3ncc(-c4ccc(NSCCN5CCCC5)cc4)cc32)c1. The Kier molecular flexibility index (Phi) is 7.16. The van der Waals surface area contributed by atoms with E-state index < -0.39 is 11.6 Å². The summed E-state index contributed by atoms with van der Waals surface area (Å²) in [5.74, 6) is 0.999. The van der Waals surface area contributed by atoms with Crippen LogP contribution in [-0.2, 0) is 6.54 Å². The molecule has 3 heterocycles. The summed E-state index contributed by atoms with van der Waals surface area (Å²) in [5, 5.41) is 3.30. The van der Waals surface area contributed by atoms with Crippen molar-refractivity contribution in [2.24, 2.45) is 0 Å². The van der Waals surface area contributed by atoms with Crippen molar-refractivity contribution in [3.8, 4) is 11.1 Å². The molecule has 0 saturated carbocycles. The Balaban J connectivity index is 1.25. The van der Waals surface area contributed by atoms with Crippen LogP contribution >= 0.6 is 11.9 Å². The lowest BCUT2D eigenvalue weighted by molar-refractivity contribution is 0.362. The molecule has 2 aliphatic heterocycles. The molecule has 0 aliphatic carbocycles. The largest absolute Gasteiger partial charge is 0.367 e. The first kappa shape index (κ1) is 22.9. The number of fused-ring (bicyclic) bond motifs is 1. The summed E-state index contributed by atoms with van der Waals surface area (Å²) in [4.78, 5) is 9.17. The quantitative estimate of drug-likeness (QED) is 0.322. The molecule has 0 radical (unpaired) electrons. The standard InChI is InChI=1S/C26H29F2N5S/c27-22-5-8-24(28)21(15-22)18-33-12-9-29-26-25(33)16-20(17-30-26)19-3-6-23(7-4-19)31-34-14-13-32-10-1-2-11-32/h3-8,15-17,31H,1-2,9-14,18H2,(H,29,30). The molecule has 8 heteroatoms. The molecule has 178 valence electrons. The zero-order valence-electron chi connectivity index (χ0n) is 19.1. The maximum absolute atomic E-state index is 14.2. The summed E-state index contributed by atoms with van der Waals surface area (Å²) >= 11 is 1.74. The Hall–Kier alpha value is -2.84. The van der Waals surface area contributed by atoms with Gasteiger partial charge in [-0.15, -0.1) is 0 Å². The Bertz CT molecular complexity index is 1120. The number of hydrogen-bond acceptors (Lipinski definition) is 6. The minimum absolute atomic E-state index is 0.293. The molecule has 0 bridgehead atoms. The Morgan fingerprint density at radius 2 is 1.79 bits per heavy atom. The van der Waals surface area contributed by atoms with Crippen LogP contribution in [-0.4, -0.2) is 48.4 Å². The van der Waals surface area contributed by atoms with Crippen molar-refractivity contribution in [2.45, 2.75) is 19.4 Å². The van der Waals surface area contributed by atoms with E-state index in [4.69, 9.17) is 0 Å².